The zero-order valence-electron chi connectivity index (χ0n) is 19.0. The standard InChI is InChI=1S/C27H29Cl3O4/c28-22-12-24(30)25(13-23(22)29)34-26(31)20-1-3-21(4-2-20)33-8-7-32-6-5-27-14-17-9-18(15-27)11-19(10-17)16-27/h1-4,12-13,17-19H,5-11,14-16H2. The van der Waals surface area contributed by atoms with Crippen molar-refractivity contribution in [1.82, 2.24) is 0 Å². The van der Waals surface area contributed by atoms with Gasteiger partial charge in [-0.2, -0.15) is 0 Å². The van der Waals surface area contributed by atoms with Gasteiger partial charge < -0.3 is 14.2 Å². The highest BCUT2D eigenvalue weighted by Crippen LogP contribution is 2.61. The van der Waals surface area contributed by atoms with Crippen LogP contribution >= 0.6 is 34.8 Å². The summed E-state index contributed by atoms with van der Waals surface area (Å²) < 4.78 is 17.0. The molecule has 182 valence electrons. The number of halogens is 3. The zero-order chi connectivity index (χ0) is 23.7. The fourth-order valence-electron chi connectivity index (χ4n) is 6.63. The SMILES string of the molecule is O=C(Oc1cc(Cl)c(Cl)cc1Cl)c1ccc(OCCOCCC23CC4CC(CC(C4)C2)C3)cc1. The Morgan fingerprint density at radius 2 is 1.44 bits per heavy atom. The molecule has 2 aromatic rings. The van der Waals surface area contributed by atoms with Gasteiger partial charge in [0.25, 0.3) is 0 Å². The fourth-order valence-corrected chi connectivity index (χ4v) is 7.21. The Morgan fingerprint density at radius 1 is 0.824 bits per heavy atom. The molecule has 0 spiro atoms. The molecule has 7 heteroatoms. The Balaban J connectivity index is 1.03. The number of hydrogen-bond donors (Lipinski definition) is 0. The molecule has 6 rings (SSSR count). The normalized spacial score (nSPS) is 27.1. The Morgan fingerprint density at radius 3 is 2.09 bits per heavy atom. The van der Waals surface area contributed by atoms with E-state index < -0.39 is 5.97 Å². The molecule has 0 saturated heterocycles. The van der Waals surface area contributed by atoms with Crippen LogP contribution in [0.1, 0.15) is 55.3 Å². The number of hydrogen-bond acceptors (Lipinski definition) is 4. The third-order valence-corrected chi connectivity index (χ3v) is 8.72. The number of ether oxygens (including phenoxy) is 3. The first-order valence-electron chi connectivity index (χ1n) is 12.1. The maximum atomic E-state index is 12.4. The van der Waals surface area contributed by atoms with Crippen LogP contribution in [-0.2, 0) is 4.74 Å². The molecule has 4 fully saturated rings. The lowest BCUT2D eigenvalue weighted by atomic mass is 9.49. The Hall–Kier alpha value is -1.46. The lowest BCUT2D eigenvalue weighted by Gasteiger charge is -2.57. The van der Waals surface area contributed by atoms with Crippen molar-refractivity contribution < 1.29 is 19.0 Å². The van der Waals surface area contributed by atoms with Crippen LogP contribution in [0.5, 0.6) is 11.5 Å². The molecule has 0 aromatic heterocycles. The van der Waals surface area contributed by atoms with Crippen molar-refractivity contribution in [1.29, 1.82) is 0 Å². The van der Waals surface area contributed by atoms with Crippen molar-refractivity contribution >= 4 is 40.8 Å². The van der Waals surface area contributed by atoms with Gasteiger partial charge in [0.05, 0.1) is 27.2 Å². The highest BCUT2D eigenvalue weighted by molar-refractivity contribution is 6.43. The summed E-state index contributed by atoms with van der Waals surface area (Å²) in [6.45, 7) is 1.85. The summed E-state index contributed by atoms with van der Waals surface area (Å²) in [5.41, 5.74) is 0.933. The molecule has 0 heterocycles. The van der Waals surface area contributed by atoms with E-state index in [0.717, 1.165) is 24.4 Å². The average Bonchev–Trinajstić information content (AvgIpc) is 2.79. The first-order chi connectivity index (χ1) is 16.4. The Kier molecular flexibility index (Phi) is 7.32. The van der Waals surface area contributed by atoms with Gasteiger partial charge in [-0.1, -0.05) is 34.8 Å². The first kappa shape index (κ1) is 24.2. The predicted molar refractivity (Wildman–Crippen MR) is 134 cm³/mol. The van der Waals surface area contributed by atoms with Crippen LogP contribution in [0, 0.1) is 23.2 Å². The van der Waals surface area contributed by atoms with E-state index in [4.69, 9.17) is 49.0 Å². The summed E-state index contributed by atoms with van der Waals surface area (Å²) in [6, 6.07) is 9.64. The molecule has 0 unspecified atom stereocenters. The monoisotopic (exact) mass is 522 g/mol. The highest BCUT2D eigenvalue weighted by Gasteiger charge is 2.50. The third-order valence-electron chi connectivity index (χ3n) is 7.71. The summed E-state index contributed by atoms with van der Waals surface area (Å²) in [5, 5.41) is 0.772. The number of benzene rings is 2. The Labute approximate surface area is 215 Å². The quantitative estimate of drug-likeness (QED) is 0.145. The summed E-state index contributed by atoms with van der Waals surface area (Å²) in [6.07, 6.45) is 9.89. The van der Waals surface area contributed by atoms with Crippen LogP contribution < -0.4 is 9.47 Å². The van der Waals surface area contributed by atoms with Crippen molar-refractivity contribution in [2.24, 2.45) is 23.2 Å². The lowest BCUT2D eigenvalue weighted by Crippen LogP contribution is -2.46. The maximum Gasteiger partial charge on any atom is 0.343 e. The summed E-state index contributed by atoms with van der Waals surface area (Å²) in [7, 11) is 0. The highest BCUT2D eigenvalue weighted by atomic mass is 35.5. The maximum absolute atomic E-state index is 12.4. The molecule has 0 atom stereocenters. The second-order valence-corrected chi connectivity index (χ2v) is 11.5. The zero-order valence-corrected chi connectivity index (χ0v) is 21.3. The second-order valence-electron chi connectivity index (χ2n) is 10.2. The first-order valence-corrected chi connectivity index (χ1v) is 13.2. The van der Waals surface area contributed by atoms with Crippen molar-refractivity contribution in [3.05, 3.63) is 57.0 Å². The van der Waals surface area contributed by atoms with E-state index in [0.29, 0.717) is 35.0 Å². The van der Waals surface area contributed by atoms with E-state index in [1.54, 1.807) is 24.3 Å². The molecule has 34 heavy (non-hydrogen) atoms. The lowest BCUT2D eigenvalue weighted by molar-refractivity contribution is -0.0697. The van der Waals surface area contributed by atoms with E-state index in [1.165, 1.54) is 57.1 Å². The van der Waals surface area contributed by atoms with Gasteiger partial charge in [0.2, 0.25) is 0 Å². The summed E-state index contributed by atoms with van der Waals surface area (Å²) in [4.78, 5) is 12.4. The van der Waals surface area contributed by atoms with Crippen molar-refractivity contribution in [3.63, 3.8) is 0 Å². The molecule has 0 aliphatic heterocycles. The van der Waals surface area contributed by atoms with Crippen LogP contribution in [0.25, 0.3) is 0 Å². The molecule has 4 nitrogen and oxygen atoms in total. The number of rotatable bonds is 9. The molecular formula is C27H29Cl3O4. The molecule has 0 N–H and O–H groups in total. The number of esters is 1. The topological polar surface area (TPSA) is 44.8 Å². The second kappa shape index (κ2) is 10.3. The largest absolute Gasteiger partial charge is 0.491 e. The minimum absolute atomic E-state index is 0.159. The molecule has 0 radical (unpaired) electrons. The number of carbonyl (C=O) groups is 1. The van der Waals surface area contributed by atoms with Gasteiger partial charge in [0.1, 0.15) is 12.4 Å². The van der Waals surface area contributed by atoms with Crippen LogP contribution in [0.15, 0.2) is 36.4 Å². The minimum atomic E-state index is -0.542. The fraction of sp³-hybridized carbons (Fsp3) is 0.519. The van der Waals surface area contributed by atoms with Crippen LogP contribution in [0.4, 0.5) is 0 Å². The van der Waals surface area contributed by atoms with Gasteiger partial charge in [-0.15, -0.1) is 0 Å². The van der Waals surface area contributed by atoms with Crippen LogP contribution in [0.3, 0.4) is 0 Å². The van der Waals surface area contributed by atoms with Gasteiger partial charge in [-0.05, 0) is 98.4 Å². The molecular weight excluding hydrogens is 495 g/mol. The molecule has 4 aliphatic rings. The summed E-state index contributed by atoms with van der Waals surface area (Å²) in [5.74, 6) is 3.24. The van der Waals surface area contributed by atoms with Crippen molar-refractivity contribution in [2.75, 3.05) is 19.8 Å². The smallest absolute Gasteiger partial charge is 0.343 e. The Bertz CT molecular complexity index is 1000. The van der Waals surface area contributed by atoms with Crippen molar-refractivity contribution in [2.45, 2.75) is 44.9 Å². The third kappa shape index (κ3) is 5.51. The number of carbonyl (C=O) groups excluding carboxylic acids is 1. The molecule has 2 aromatic carbocycles. The van der Waals surface area contributed by atoms with Gasteiger partial charge in [-0.25, -0.2) is 4.79 Å². The van der Waals surface area contributed by atoms with E-state index in [2.05, 4.69) is 0 Å². The predicted octanol–water partition coefficient (Wildman–Crippen LogP) is 7.87. The van der Waals surface area contributed by atoms with Crippen LogP contribution in [0.2, 0.25) is 15.1 Å². The molecule has 4 aliphatic carbocycles. The molecule has 4 saturated carbocycles. The van der Waals surface area contributed by atoms with E-state index >= 15 is 0 Å². The van der Waals surface area contributed by atoms with Gasteiger partial charge >= 0.3 is 5.97 Å². The van der Waals surface area contributed by atoms with E-state index in [1.807, 2.05) is 0 Å². The summed E-state index contributed by atoms with van der Waals surface area (Å²) >= 11 is 18.0. The molecule has 0 amide bonds. The van der Waals surface area contributed by atoms with E-state index in [-0.39, 0.29) is 15.8 Å². The van der Waals surface area contributed by atoms with E-state index in [9.17, 15) is 4.79 Å². The molecule has 4 bridgehead atoms. The van der Waals surface area contributed by atoms with Crippen LogP contribution in [-0.4, -0.2) is 25.8 Å². The van der Waals surface area contributed by atoms with Gasteiger partial charge in [-0.3, -0.25) is 0 Å². The van der Waals surface area contributed by atoms with Gasteiger partial charge in [0, 0.05) is 12.7 Å². The average molecular weight is 524 g/mol. The van der Waals surface area contributed by atoms with Crippen molar-refractivity contribution in [3.8, 4) is 11.5 Å². The van der Waals surface area contributed by atoms with Gasteiger partial charge in [0.15, 0.2) is 5.75 Å². The minimum Gasteiger partial charge on any atom is -0.491 e.